The van der Waals surface area contributed by atoms with Gasteiger partial charge in [-0.1, -0.05) is 30.3 Å². The molecular formula is C18H20F2N4O. The van der Waals surface area contributed by atoms with Crippen LogP contribution in [0.4, 0.5) is 8.78 Å². The summed E-state index contributed by atoms with van der Waals surface area (Å²) >= 11 is 0. The molecule has 2 aliphatic rings. The lowest BCUT2D eigenvalue weighted by Crippen LogP contribution is -2.60. The van der Waals surface area contributed by atoms with Gasteiger partial charge in [0.2, 0.25) is 5.91 Å². The van der Waals surface area contributed by atoms with E-state index in [1.165, 1.54) is 4.90 Å². The Bertz CT molecular complexity index is 782. The summed E-state index contributed by atoms with van der Waals surface area (Å²) in [6.45, 7) is 0.923. The van der Waals surface area contributed by atoms with Crippen molar-refractivity contribution in [3.8, 4) is 0 Å². The molecule has 25 heavy (non-hydrogen) atoms. The van der Waals surface area contributed by atoms with E-state index in [4.69, 9.17) is 0 Å². The second-order valence-corrected chi connectivity index (χ2v) is 6.95. The number of hydrogen-bond acceptors (Lipinski definition) is 3. The monoisotopic (exact) mass is 346 g/mol. The molecule has 0 spiro atoms. The minimum absolute atomic E-state index is 0.228. The summed E-state index contributed by atoms with van der Waals surface area (Å²) in [5.74, 6) is -3.42. The fourth-order valence-corrected chi connectivity index (χ4v) is 3.72. The van der Waals surface area contributed by atoms with Crippen molar-refractivity contribution < 1.29 is 13.6 Å². The molecule has 0 bridgehead atoms. The molecule has 1 saturated heterocycles. The van der Waals surface area contributed by atoms with Gasteiger partial charge in [0.15, 0.2) is 0 Å². The number of aryl methyl sites for hydroxylation is 1. The molecule has 0 N–H and O–H groups in total. The fraction of sp³-hybridized carbons (Fsp3) is 0.444. The predicted octanol–water partition coefficient (Wildman–Crippen LogP) is 2.00. The minimum atomic E-state index is -2.75. The van der Waals surface area contributed by atoms with Gasteiger partial charge in [-0.3, -0.25) is 9.69 Å². The molecule has 5 nitrogen and oxygen atoms in total. The molecule has 2 aliphatic heterocycles. The van der Waals surface area contributed by atoms with E-state index in [1.807, 2.05) is 41.9 Å². The van der Waals surface area contributed by atoms with Crippen LogP contribution in [0.5, 0.6) is 0 Å². The normalized spacial score (nSPS) is 22.4. The maximum Gasteiger partial charge on any atom is 0.282 e. The third-order valence-electron chi connectivity index (χ3n) is 4.91. The van der Waals surface area contributed by atoms with Crippen LogP contribution in [-0.4, -0.2) is 50.8 Å². The molecule has 2 aromatic rings. The molecule has 1 fully saturated rings. The van der Waals surface area contributed by atoms with Crippen molar-refractivity contribution in [3.63, 3.8) is 0 Å². The van der Waals surface area contributed by atoms with Crippen molar-refractivity contribution in [1.29, 1.82) is 0 Å². The Morgan fingerprint density at radius 1 is 1.28 bits per heavy atom. The standard InChI is InChI=1S/C18H20F2N4O/c1-22-12-21-15-9-23(7-13-5-3-2-4-6-13)8-14(16(15)22)17(25)24-10-18(19,20)11-24/h2-6,12,14H,7-11H2,1H3/t14-/m1/s1. The van der Waals surface area contributed by atoms with Gasteiger partial charge in [0.1, 0.15) is 0 Å². The zero-order chi connectivity index (χ0) is 17.6. The Balaban J connectivity index is 1.56. The SMILES string of the molecule is Cn1cnc2c1[C@H](C(=O)N1CC(F)(F)C1)CN(Cc1ccccc1)C2. The van der Waals surface area contributed by atoms with Crippen LogP contribution in [0, 0.1) is 0 Å². The Hall–Kier alpha value is -2.28. The van der Waals surface area contributed by atoms with Crippen molar-refractivity contribution in [1.82, 2.24) is 19.4 Å². The topological polar surface area (TPSA) is 41.4 Å². The van der Waals surface area contributed by atoms with Gasteiger partial charge in [-0.05, 0) is 5.56 Å². The molecule has 4 rings (SSSR count). The number of likely N-dealkylation sites (tertiary alicyclic amines) is 1. The van der Waals surface area contributed by atoms with E-state index in [0.717, 1.165) is 17.0 Å². The largest absolute Gasteiger partial charge is 0.337 e. The van der Waals surface area contributed by atoms with E-state index < -0.39 is 24.9 Å². The van der Waals surface area contributed by atoms with Crippen molar-refractivity contribution in [2.24, 2.45) is 7.05 Å². The van der Waals surface area contributed by atoms with Gasteiger partial charge in [-0.2, -0.15) is 0 Å². The third-order valence-corrected chi connectivity index (χ3v) is 4.91. The lowest BCUT2D eigenvalue weighted by molar-refractivity contribution is -0.168. The number of carbonyl (C=O) groups is 1. The number of fused-ring (bicyclic) bond motifs is 1. The summed E-state index contributed by atoms with van der Waals surface area (Å²) < 4.78 is 28.2. The highest BCUT2D eigenvalue weighted by molar-refractivity contribution is 5.85. The summed E-state index contributed by atoms with van der Waals surface area (Å²) in [5.41, 5.74) is 2.86. The van der Waals surface area contributed by atoms with Crippen molar-refractivity contribution >= 4 is 5.91 Å². The Morgan fingerprint density at radius 3 is 2.68 bits per heavy atom. The van der Waals surface area contributed by atoms with Crippen molar-refractivity contribution in [3.05, 3.63) is 53.6 Å². The number of rotatable bonds is 3. The molecular weight excluding hydrogens is 326 g/mol. The first-order valence-electron chi connectivity index (χ1n) is 8.36. The smallest absolute Gasteiger partial charge is 0.282 e. The Morgan fingerprint density at radius 2 is 2.00 bits per heavy atom. The minimum Gasteiger partial charge on any atom is -0.337 e. The molecule has 7 heteroatoms. The molecule has 1 atom stereocenters. The van der Waals surface area contributed by atoms with Crippen LogP contribution in [0.1, 0.15) is 22.9 Å². The summed E-state index contributed by atoms with van der Waals surface area (Å²) in [6, 6.07) is 10.0. The Labute approximate surface area is 144 Å². The van der Waals surface area contributed by atoms with Gasteiger partial charge < -0.3 is 9.47 Å². The van der Waals surface area contributed by atoms with Crippen LogP contribution in [0.15, 0.2) is 36.7 Å². The highest BCUT2D eigenvalue weighted by Crippen LogP contribution is 2.34. The molecule has 1 amide bonds. The lowest BCUT2D eigenvalue weighted by Gasteiger charge is -2.42. The van der Waals surface area contributed by atoms with Gasteiger partial charge in [-0.15, -0.1) is 0 Å². The molecule has 3 heterocycles. The van der Waals surface area contributed by atoms with Gasteiger partial charge in [0.05, 0.1) is 36.7 Å². The molecule has 0 radical (unpaired) electrons. The third kappa shape index (κ3) is 3.04. The van der Waals surface area contributed by atoms with Crippen LogP contribution < -0.4 is 0 Å². The van der Waals surface area contributed by atoms with E-state index in [-0.39, 0.29) is 5.91 Å². The Kier molecular flexibility index (Phi) is 3.83. The van der Waals surface area contributed by atoms with Crippen LogP contribution in [0.25, 0.3) is 0 Å². The van der Waals surface area contributed by atoms with Gasteiger partial charge >= 0.3 is 0 Å². The highest BCUT2D eigenvalue weighted by Gasteiger charge is 2.49. The average Bonchev–Trinajstić information content (AvgIpc) is 2.93. The van der Waals surface area contributed by atoms with E-state index in [1.54, 1.807) is 6.33 Å². The number of amides is 1. The van der Waals surface area contributed by atoms with Crippen LogP contribution in [0.2, 0.25) is 0 Å². The van der Waals surface area contributed by atoms with Crippen molar-refractivity contribution in [2.45, 2.75) is 24.9 Å². The van der Waals surface area contributed by atoms with Crippen LogP contribution in [0.3, 0.4) is 0 Å². The van der Waals surface area contributed by atoms with E-state index in [9.17, 15) is 13.6 Å². The van der Waals surface area contributed by atoms with Crippen LogP contribution >= 0.6 is 0 Å². The summed E-state index contributed by atoms with van der Waals surface area (Å²) in [5, 5.41) is 0. The summed E-state index contributed by atoms with van der Waals surface area (Å²) in [6.07, 6.45) is 1.70. The molecule has 0 aliphatic carbocycles. The quantitative estimate of drug-likeness (QED) is 0.854. The number of hydrogen-bond donors (Lipinski definition) is 0. The molecule has 132 valence electrons. The van der Waals surface area contributed by atoms with E-state index in [0.29, 0.717) is 19.6 Å². The number of carbonyl (C=O) groups excluding carboxylic acids is 1. The lowest BCUT2D eigenvalue weighted by atomic mass is 9.94. The van der Waals surface area contributed by atoms with E-state index >= 15 is 0 Å². The van der Waals surface area contributed by atoms with Gasteiger partial charge in [0.25, 0.3) is 5.92 Å². The zero-order valence-electron chi connectivity index (χ0n) is 14.0. The number of alkyl halides is 2. The summed E-state index contributed by atoms with van der Waals surface area (Å²) in [7, 11) is 1.85. The van der Waals surface area contributed by atoms with E-state index in [2.05, 4.69) is 9.88 Å². The number of aromatic nitrogens is 2. The highest BCUT2D eigenvalue weighted by atomic mass is 19.3. The first-order valence-corrected chi connectivity index (χ1v) is 8.36. The number of nitrogens with zero attached hydrogens (tertiary/aromatic N) is 4. The number of halogens is 2. The van der Waals surface area contributed by atoms with Crippen molar-refractivity contribution in [2.75, 3.05) is 19.6 Å². The number of benzene rings is 1. The predicted molar refractivity (Wildman–Crippen MR) is 88.0 cm³/mol. The second-order valence-electron chi connectivity index (χ2n) is 6.95. The van der Waals surface area contributed by atoms with Gasteiger partial charge in [-0.25, -0.2) is 13.8 Å². The van der Waals surface area contributed by atoms with Crippen LogP contribution in [-0.2, 0) is 24.9 Å². The maximum atomic E-state index is 13.2. The first kappa shape index (κ1) is 16.2. The maximum absolute atomic E-state index is 13.2. The average molecular weight is 346 g/mol. The molecule has 0 unspecified atom stereocenters. The fourth-order valence-electron chi connectivity index (χ4n) is 3.72. The second kappa shape index (κ2) is 5.91. The van der Waals surface area contributed by atoms with Gasteiger partial charge in [0, 0.05) is 26.7 Å². The summed E-state index contributed by atoms with van der Waals surface area (Å²) in [4.78, 5) is 20.6. The molecule has 0 saturated carbocycles. The number of imidazole rings is 1. The first-order chi connectivity index (χ1) is 11.9. The molecule has 1 aromatic heterocycles. The molecule has 1 aromatic carbocycles. The zero-order valence-corrected chi connectivity index (χ0v) is 14.0.